The number of benzene rings is 3. The van der Waals surface area contributed by atoms with Crippen LogP contribution in [0.3, 0.4) is 0 Å². The second kappa shape index (κ2) is 7.38. The average Bonchev–Trinajstić information content (AvgIpc) is 2.70. The molecule has 0 aliphatic carbocycles. The molecule has 0 saturated heterocycles. The van der Waals surface area contributed by atoms with Gasteiger partial charge in [-0.05, 0) is 28.6 Å². The van der Waals surface area contributed by atoms with E-state index >= 15 is 0 Å². The summed E-state index contributed by atoms with van der Waals surface area (Å²) < 4.78 is 41.8. The van der Waals surface area contributed by atoms with Gasteiger partial charge in [-0.1, -0.05) is 60.7 Å². The van der Waals surface area contributed by atoms with Crippen molar-refractivity contribution < 1.29 is 27.0 Å². The van der Waals surface area contributed by atoms with E-state index in [1.807, 2.05) is 42.5 Å². The van der Waals surface area contributed by atoms with Crippen LogP contribution >= 0.6 is 12.0 Å². The topological polar surface area (TPSA) is 46.6 Å². The number of rotatable bonds is 4. The molecule has 0 saturated carbocycles. The van der Waals surface area contributed by atoms with Crippen molar-refractivity contribution in [2.24, 2.45) is 0 Å². The second-order valence-electron chi connectivity index (χ2n) is 6.18. The first kappa shape index (κ1) is 19.2. The Bertz CT molecular complexity index is 1120. The fourth-order valence-corrected chi connectivity index (χ4v) is 3.43. The highest BCUT2D eigenvalue weighted by atomic mass is 32.2. The Morgan fingerprint density at radius 2 is 1.52 bits per heavy atom. The van der Waals surface area contributed by atoms with Gasteiger partial charge in [0.2, 0.25) is 0 Å². The summed E-state index contributed by atoms with van der Waals surface area (Å²) in [5.74, 6) is -1.87. The Morgan fingerprint density at radius 3 is 2.21 bits per heavy atom. The fraction of sp³-hybridized carbons (Fsp3) is 0.0476. The van der Waals surface area contributed by atoms with Crippen LogP contribution in [0.5, 0.6) is 0 Å². The first-order chi connectivity index (χ1) is 13.8. The first-order valence-electron chi connectivity index (χ1n) is 8.45. The maximum Gasteiger partial charge on any atom is 0.470 e. The number of nitrogens with zero attached hydrogens (tertiary/aromatic N) is 1. The summed E-state index contributed by atoms with van der Waals surface area (Å²) in [5, 5.41) is 1.20. The normalized spacial score (nSPS) is 14.2. The Balaban J connectivity index is 1.76. The Hall–Kier alpha value is -3.10. The minimum absolute atomic E-state index is 0.106. The highest BCUT2D eigenvalue weighted by Crippen LogP contribution is 2.37. The molecule has 4 rings (SSSR count). The summed E-state index contributed by atoms with van der Waals surface area (Å²) in [6.45, 7) is 0. The number of imide groups is 1. The predicted molar refractivity (Wildman–Crippen MR) is 105 cm³/mol. The molecule has 3 aromatic carbocycles. The van der Waals surface area contributed by atoms with Crippen molar-refractivity contribution in [2.45, 2.75) is 5.51 Å². The van der Waals surface area contributed by atoms with Crippen molar-refractivity contribution in [2.75, 3.05) is 0 Å². The van der Waals surface area contributed by atoms with Gasteiger partial charge in [0, 0.05) is 5.39 Å². The molecule has 0 radical (unpaired) electrons. The van der Waals surface area contributed by atoms with Gasteiger partial charge in [-0.2, -0.15) is 17.5 Å². The molecular weight excluding hydrogens is 403 g/mol. The molecule has 3 aromatic rings. The Morgan fingerprint density at radius 1 is 0.828 bits per heavy atom. The van der Waals surface area contributed by atoms with Crippen molar-refractivity contribution in [3.05, 3.63) is 82.9 Å². The molecule has 1 aliphatic rings. The van der Waals surface area contributed by atoms with E-state index in [0.717, 1.165) is 11.1 Å². The van der Waals surface area contributed by atoms with Crippen molar-refractivity contribution in [1.82, 2.24) is 5.06 Å². The lowest BCUT2D eigenvalue weighted by atomic mass is 9.92. The van der Waals surface area contributed by atoms with Gasteiger partial charge in [-0.25, -0.2) is 0 Å². The summed E-state index contributed by atoms with van der Waals surface area (Å²) in [6, 6.07) is 17.6. The van der Waals surface area contributed by atoms with Crippen LogP contribution in [0.4, 0.5) is 13.2 Å². The van der Waals surface area contributed by atoms with Crippen LogP contribution in [0.25, 0.3) is 22.9 Å². The van der Waals surface area contributed by atoms with E-state index in [1.165, 1.54) is 12.1 Å². The van der Waals surface area contributed by atoms with E-state index in [9.17, 15) is 22.8 Å². The third-order valence-corrected chi connectivity index (χ3v) is 4.78. The Labute approximate surface area is 167 Å². The molecule has 0 N–H and O–H groups in total. The molecule has 0 fully saturated rings. The summed E-state index contributed by atoms with van der Waals surface area (Å²) in [5.41, 5.74) is -2.79. The van der Waals surface area contributed by atoms with Gasteiger partial charge >= 0.3 is 5.51 Å². The van der Waals surface area contributed by atoms with E-state index in [1.54, 1.807) is 18.2 Å². The number of hydroxylamine groups is 2. The van der Waals surface area contributed by atoms with Crippen LogP contribution in [0.15, 0.2) is 60.7 Å². The van der Waals surface area contributed by atoms with Crippen molar-refractivity contribution >= 4 is 46.8 Å². The number of amides is 2. The molecule has 1 aliphatic heterocycles. The lowest BCUT2D eigenvalue weighted by molar-refractivity contribution is -0.0570. The van der Waals surface area contributed by atoms with Gasteiger partial charge in [0.15, 0.2) is 0 Å². The fourth-order valence-electron chi connectivity index (χ4n) is 3.14. The van der Waals surface area contributed by atoms with Crippen molar-refractivity contribution in [3.8, 4) is 0 Å². The molecule has 29 heavy (non-hydrogen) atoms. The molecule has 0 atom stereocenters. The minimum Gasteiger partial charge on any atom is -0.266 e. The largest absolute Gasteiger partial charge is 0.470 e. The number of hydrogen-bond acceptors (Lipinski definition) is 4. The van der Waals surface area contributed by atoms with Gasteiger partial charge < -0.3 is 0 Å². The SMILES string of the molecule is O=C1c2cccc3c(/C=C/c4ccccc4)ccc(c23)C(=O)N1OSC(F)(F)F. The van der Waals surface area contributed by atoms with Gasteiger partial charge in [-0.3, -0.25) is 9.59 Å². The van der Waals surface area contributed by atoms with Crippen LogP contribution in [-0.4, -0.2) is 22.4 Å². The van der Waals surface area contributed by atoms with E-state index in [-0.39, 0.29) is 16.2 Å². The number of carbonyl (C=O) groups excluding carboxylic acids is 2. The van der Waals surface area contributed by atoms with E-state index in [2.05, 4.69) is 4.28 Å². The molecule has 0 aromatic heterocycles. The lowest BCUT2D eigenvalue weighted by Gasteiger charge is -2.25. The van der Waals surface area contributed by atoms with Crippen molar-refractivity contribution in [1.29, 1.82) is 0 Å². The number of halogens is 3. The van der Waals surface area contributed by atoms with Crippen LogP contribution in [0.2, 0.25) is 0 Å². The molecule has 2 amide bonds. The zero-order chi connectivity index (χ0) is 20.6. The third kappa shape index (κ3) is 3.76. The molecule has 146 valence electrons. The Kier molecular flexibility index (Phi) is 4.89. The molecule has 4 nitrogen and oxygen atoms in total. The molecule has 0 bridgehead atoms. The summed E-state index contributed by atoms with van der Waals surface area (Å²) in [4.78, 5) is 25.2. The highest BCUT2D eigenvalue weighted by Gasteiger charge is 2.39. The average molecular weight is 415 g/mol. The van der Waals surface area contributed by atoms with Crippen LogP contribution in [-0.2, 0) is 4.28 Å². The summed E-state index contributed by atoms with van der Waals surface area (Å²) in [6.07, 6.45) is 3.75. The third-order valence-electron chi connectivity index (χ3n) is 4.37. The lowest BCUT2D eigenvalue weighted by Crippen LogP contribution is -2.39. The first-order valence-corrected chi connectivity index (χ1v) is 9.19. The van der Waals surface area contributed by atoms with E-state index in [4.69, 9.17) is 0 Å². The van der Waals surface area contributed by atoms with E-state index in [0.29, 0.717) is 10.8 Å². The zero-order valence-electron chi connectivity index (χ0n) is 14.6. The number of carbonyl (C=O) groups is 2. The molecular formula is C21H12F3NO3S. The number of hydrogen-bond donors (Lipinski definition) is 0. The second-order valence-corrected chi connectivity index (χ2v) is 6.96. The standard InChI is InChI=1S/C21H12F3NO3S/c22-21(23,24)29-28-25-19(26)16-8-4-7-15-14(10-9-13-5-2-1-3-6-13)11-12-17(18(15)16)20(25)27/h1-12H/b10-9+. The predicted octanol–water partition coefficient (Wildman–Crippen LogP) is 5.71. The summed E-state index contributed by atoms with van der Waals surface area (Å²) in [7, 11) is 0. The van der Waals surface area contributed by atoms with Crippen molar-refractivity contribution in [3.63, 3.8) is 0 Å². The quantitative estimate of drug-likeness (QED) is 0.311. The maximum atomic E-state index is 12.6. The minimum atomic E-state index is -4.75. The van der Waals surface area contributed by atoms with Gasteiger partial charge in [0.05, 0.1) is 11.1 Å². The monoisotopic (exact) mass is 415 g/mol. The van der Waals surface area contributed by atoms with Gasteiger partial charge in [0.25, 0.3) is 11.8 Å². The van der Waals surface area contributed by atoms with Crippen LogP contribution in [0.1, 0.15) is 31.8 Å². The highest BCUT2D eigenvalue weighted by molar-refractivity contribution is 7.95. The van der Waals surface area contributed by atoms with Crippen LogP contribution in [0, 0.1) is 0 Å². The summed E-state index contributed by atoms with van der Waals surface area (Å²) >= 11 is -0.906. The maximum absolute atomic E-state index is 12.6. The van der Waals surface area contributed by atoms with Gasteiger partial charge in [0.1, 0.15) is 12.0 Å². The van der Waals surface area contributed by atoms with Crippen LogP contribution < -0.4 is 0 Å². The smallest absolute Gasteiger partial charge is 0.266 e. The molecule has 0 spiro atoms. The van der Waals surface area contributed by atoms with E-state index < -0.39 is 29.4 Å². The van der Waals surface area contributed by atoms with Gasteiger partial charge in [-0.15, -0.1) is 5.06 Å². The number of alkyl halides is 3. The molecule has 1 heterocycles. The zero-order valence-corrected chi connectivity index (χ0v) is 15.5. The molecule has 8 heteroatoms. The molecule has 0 unspecified atom stereocenters.